The topological polar surface area (TPSA) is 72.9 Å². The molecular formula is C13H12F2N4O. The monoisotopic (exact) mass is 278 g/mol. The first-order chi connectivity index (χ1) is 9.54. The zero-order valence-corrected chi connectivity index (χ0v) is 10.4. The number of carbonyl (C=O) groups excluding carboxylic acids is 1. The Morgan fingerprint density at radius 2 is 2.00 bits per heavy atom. The first kappa shape index (κ1) is 12.6. The molecule has 1 aliphatic rings. The molecule has 1 atom stereocenters. The molecule has 7 heteroatoms. The highest BCUT2D eigenvalue weighted by Gasteiger charge is 2.25. The molecule has 5 nitrogen and oxygen atoms in total. The number of carbonyl (C=O) groups is 1. The van der Waals surface area contributed by atoms with Crippen LogP contribution in [0.5, 0.6) is 0 Å². The average molecular weight is 278 g/mol. The van der Waals surface area contributed by atoms with E-state index in [0.29, 0.717) is 24.3 Å². The zero-order valence-electron chi connectivity index (χ0n) is 10.4. The molecule has 3 rings (SSSR count). The quantitative estimate of drug-likeness (QED) is 0.877. The largest absolute Gasteiger partial charge is 0.370 e. The highest BCUT2D eigenvalue weighted by molar-refractivity contribution is 5.91. The summed E-state index contributed by atoms with van der Waals surface area (Å²) in [7, 11) is 0. The highest BCUT2D eigenvalue weighted by Crippen LogP contribution is 2.30. The van der Waals surface area contributed by atoms with Gasteiger partial charge in [-0.05, 0) is 24.1 Å². The van der Waals surface area contributed by atoms with Crippen molar-refractivity contribution in [1.82, 2.24) is 9.78 Å². The maximum Gasteiger partial charge on any atom is 0.269 e. The molecule has 20 heavy (non-hydrogen) atoms. The first-order valence-corrected chi connectivity index (χ1v) is 6.14. The number of hydrogen-bond donors (Lipinski definition) is 2. The van der Waals surface area contributed by atoms with Crippen molar-refractivity contribution in [3.63, 3.8) is 0 Å². The van der Waals surface area contributed by atoms with Crippen molar-refractivity contribution in [3.05, 3.63) is 47.2 Å². The van der Waals surface area contributed by atoms with Crippen LogP contribution >= 0.6 is 0 Å². The molecule has 0 aliphatic carbocycles. The summed E-state index contributed by atoms with van der Waals surface area (Å²) in [5.74, 6) is -1.30. The second kappa shape index (κ2) is 4.59. The van der Waals surface area contributed by atoms with Gasteiger partial charge in [-0.3, -0.25) is 4.79 Å². The van der Waals surface area contributed by atoms with Crippen LogP contribution in [0.15, 0.2) is 24.3 Å². The van der Waals surface area contributed by atoms with Crippen LogP contribution in [0.3, 0.4) is 0 Å². The van der Waals surface area contributed by atoms with E-state index in [1.165, 1.54) is 22.9 Å². The van der Waals surface area contributed by atoms with Crippen LogP contribution < -0.4 is 11.1 Å². The van der Waals surface area contributed by atoms with Crippen LogP contribution in [0.1, 0.15) is 28.5 Å². The second-order valence-electron chi connectivity index (χ2n) is 4.66. The van der Waals surface area contributed by atoms with E-state index in [9.17, 15) is 13.6 Å². The van der Waals surface area contributed by atoms with E-state index < -0.39 is 17.5 Å². The molecule has 1 aliphatic heterocycles. The Labute approximate surface area is 113 Å². The number of rotatable bonds is 2. The van der Waals surface area contributed by atoms with Crippen molar-refractivity contribution in [2.45, 2.75) is 12.5 Å². The molecule has 3 N–H and O–H groups in total. The van der Waals surface area contributed by atoms with Crippen LogP contribution in [0.2, 0.25) is 0 Å². The maximum atomic E-state index is 13.3. The van der Waals surface area contributed by atoms with Gasteiger partial charge in [0.05, 0.1) is 6.04 Å². The van der Waals surface area contributed by atoms with Crippen LogP contribution in [0, 0.1) is 11.6 Å². The van der Waals surface area contributed by atoms with E-state index in [4.69, 9.17) is 5.73 Å². The number of aromatic nitrogens is 2. The van der Waals surface area contributed by atoms with Crippen molar-refractivity contribution >= 4 is 11.7 Å². The number of amides is 1. The summed E-state index contributed by atoms with van der Waals surface area (Å²) in [5.41, 5.74) is 5.79. The summed E-state index contributed by atoms with van der Waals surface area (Å²) in [4.78, 5) is 11.2. The molecule has 0 saturated heterocycles. The first-order valence-electron chi connectivity index (χ1n) is 6.14. The lowest BCUT2D eigenvalue weighted by atomic mass is 10.0. The molecule has 1 aromatic carbocycles. The molecule has 104 valence electrons. The normalized spacial score (nSPS) is 17.4. The van der Waals surface area contributed by atoms with E-state index in [2.05, 4.69) is 10.4 Å². The molecule has 0 bridgehead atoms. The minimum Gasteiger partial charge on any atom is -0.370 e. The predicted molar refractivity (Wildman–Crippen MR) is 68.3 cm³/mol. The highest BCUT2D eigenvalue weighted by atomic mass is 19.1. The fourth-order valence-corrected chi connectivity index (χ4v) is 2.42. The van der Waals surface area contributed by atoms with Gasteiger partial charge in [0.25, 0.3) is 5.91 Å². The lowest BCUT2D eigenvalue weighted by Crippen LogP contribution is -2.24. The van der Waals surface area contributed by atoms with Crippen LogP contribution in [-0.4, -0.2) is 22.2 Å². The Morgan fingerprint density at radius 1 is 1.30 bits per heavy atom. The fraction of sp³-hybridized carbons (Fsp3) is 0.231. The number of nitrogens with zero attached hydrogens (tertiary/aromatic N) is 2. The summed E-state index contributed by atoms with van der Waals surface area (Å²) in [6.07, 6.45) is 0.607. The summed E-state index contributed by atoms with van der Waals surface area (Å²) in [5, 5.41) is 7.17. The van der Waals surface area contributed by atoms with E-state index in [1.807, 2.05) is 0 Å². The average Bonchev–Trinajstić information content (AvgIpc) is 2.81. The standard InChI is InChI=1S/C13H12F2N4O/c14-8-3-7(4-9(15)5-8)11-1-2-17-12-6-10(13(16)20)18-19(11)12/h3-6,11,17H,1-2H2,(H2,16,20). The Balaban J connectivity index is 2.06. The molecule has 0 fully saturated rings. The third-order valence-electron chi connectivity index (χ3n) is 3.28. The maximum absolute atomic E-state index is 13.3. The molecule has 0 spiro atoms. The molecule has 2 heterocycles. The number of nitrogens with two attached hydrogens (primary N) is 1. The number of hydrogen-bond acceptors (Lipinski definition) is 3. The molecule has 1 amide bonds. The minimum absolute atomic E-state index is 0.122. The zero-order chi connectivity index (χ0) is 14.3. The molecular weight excluding hydrogens is 266 g/mol. The summed E-state index contributed by atoms with van der Waals surface area (Å²) >= 11 is 0. The Morgan fingerprint density at radius 3 is 2.65 bits per heavy atom. The van der Waals surface area contributed by atoms with Gasteiger partial charge in [-0.1, -0.05) is 0 Å². The van der Waals surface area contributed by atoms with E-state index >= 15 is 0 Å². The SMILES string of the molecule is NC(=O)c1cc2n(n1)C(c1cc(F)cc(F)c1)CCN2. The van der Waals surface area contributed by atoms with E-state index in [0.717, 1.165) is 6.07 Å². The predicted octanol–water partition coefficient (Wildman–Crippen LogP) is 1.67. The molecule has 0 saturated carbocycles. The number of anilines is 1. The van der Waals surface area contributed by atoms with Gasteiger partial charge in [-0.2, -0.15) is 5.10 Å². The number of primary amides is 1. The van der Waals surface area contributed by atoms with Crippen LogP contribution in [0.4, 0.5) is 14.6 Å². The van der Waals surface area contributed by atoms with Gasteiger partial charge in [0.2, 0.25) is 0 Å². The van der Waals surface area contributed by atoms with Crippen molar-refractivity contribution < 1.29 is 13.6 Å². The van der Waals surface area contributed by atoms with Gasteiger partial charge in [0, 0.05) is 18.7 Å². The Bertz CT molecular complexity index is 663. The number of benzene rings is 1. The summed E-state index contributed by atoms with van der Waals surface area (Å²) in [6.45, 7) is 0.618. The minimum atomic E-state index is -0.641. The van der Waals surface area contributed by atoms with Gasteiger partial charge in [-0.25, -0.2) is 13.5 Å². The van der Waals surface area contributed by atoms with Gasteiger partial charge < -0.3 is 11.1 Å². The number of halogens is 2. The Kier molecular flexibility index (Phi) is 2.89. The summed E-state index contributed by atoms with van der Waals surface area (Å²) < 4.78 is 28.2. The molecule has 2 aromatic rings. The molecule has 1 unspecified atom stereocenters. The molecule has 0 radical (unpaired) electrons. The van der Waals surface area contributed by atoms with Crippen LogP contribution in [-0.2, 0) is 0 Å². The van der Waals surface area contributed by atoms with Crippen molar-refractivity contribution in [1.29, 1.82) is 0 Å². The van der Waals surface area contributed by atoms with Gasteiger partial charge in [-0.15, -0.1) is 0 Å². The molecule has 1 aromatic heterocycles. The van der Waals surface area contributed by atoms with E-state index in [-0.39, 0.29) is 11.7 Å². The van der Waals surface area contributed by atoms with Crippen molar-refractivity contribution in [2.75, 3.05) is 11.9 Å². The number of nitrogens with one attached hydrogen (secondary N) is 1. The van der Waals surface area contributed by atoms with E-state index in [1.54, 1.807) is 0 Å². The Hall–Kier alpha value is -2.44. The third-order valence-corrected chi connectivity index (χ3v) is 3.28. The fourth-order valence-electron chi connectivity index (χ4n) is 2.42. The number of fused-ring (bicyclic) bond motifs is 1. The van der Waals surface area contributed by atoms with Crippen molar-refractivity contribution in [2.24, 2.45) is 5.73 Å². The van der Waals surface area contributed by atoms with Crippen LogP contribution in [0.25, 0.3) is 0 Å². The van der Waals surface area contributed by atoms with Crippen molar-refractivity contribution in [3.8, 4) is 0 Å². The van der Waals surface area contributed by atoms with Gasteiger partial charge in [0.15, 0.2) is 5.69 Å². The lowest BCUT2D eigenvalue weighted by molar-refractivity contribution is 0.0994. The van der Waals surface area contributed by atoms with Gasteiger partial charge in [0.1, 0.15) is 17.5 Å². The third kappa shape index (κ3) is 2.11. The lowest BCUT2D eigenvalue weighted by Gasteiger charge is -2.26. The second-order valence-corrected chi connectivity index (χ2v) is 4.66. The summed E-state index contributed by atoms with van der Waals surface area (Å²) in [6, 6.07) is 4.57. The van der Waals surface area contributed by atoms with Gasteiger partial charge >= 0.3 is 0 Å². The smallest absolute Gasteiger partial charge is 0.269 e.